The van der Waals surface area contributed by atoms with E-state index in [4.69, 9.17) is 4.74 Å². The van der Waals surface area contributed by atoms with Crippen molar-refractivity contribution in [2.45, 2.75) is 43.0 Å². The summed E-state index contributed by atoms with van der Waals surface area (Å²) in [5, 5.41) is -0.563. The minimum Gasteiger partial charge on any atom is -0.361 e. The number of hydrogen-bond donors (Lipinski definition) is 0. The molecule has 1 fully saturated rings. The molecule has 4 heteroatoms. The zero-order valence-electron chi connectivity index (χ0n) is 9.23. The van der Waals surface area contributed by atoms with Crippen molar-refractivity contribution in [2.24, 2.45) is 0 Å². The van der Waals surface area contributed by atoms with Gasteiger partial charge in [-0.05, 0) is 26.3 Å². The monoisotopic (exact) mass is 228 g/mol. The Kier molecular flexibility index (Phi) is 2.14. The average Bonchev–Trinajstić information content (AvgIpc) is 2.60. The summed E-state index contributed by atoms with van der Waals surface area (Å²) < 4.78 is 29.3. The third-order valence-corrected chi connectivity index (χ3v) is 5.94. The Morgan fingerprint density at radius 2 is 1.93 bits per heavy atom. The van der Waals surface area contributed by atoms with E-state index in [1.54, 1.807) is 20.8 Å². The van der Waals surface area contributed by atoms with Crippen LogP contribution in [0.2, 0.25) is 0 Å². The third-order valence-electron chi connectivity index (χ3n) is 3.00. The van der Waals surface area contributed by atoms with Crippen molar-refractivity contribution in [1.29, 1.82) is 0 Å². The maximum Gasteiger partial charge on any atom is 0.164 e. The van der Waals surface area contributed by atoms with Crippen molar-refractivity contribution in [3.05, 3.63) is 24.3 Å². The third kappa shape index (κ3) is 1.39. The van der Waals surface area contributed by atoms with Crippen LogP contribution in [0.15, 0.2) is 24.3 Å². The molecule has 0 saturated carbocycles. The Morgan fingerprint density at radius 1 is 1.33 bits per heavy atom. The van der Waals surface area contributed by atoms with Crippen LogP contribution < -0.4 is 0 Å². The zero-order valence-corrected chi connectivity index (χ0v) is 10.0. The average molecular weight is 228 g/mol. The van der Waals surface area contributed by atoms with Gasteiger partial charge in [-0.1, -0.05) is 18.7 Å². The number of hydrogen-bond acceptors (Lipinski definition) is 3. The van der Waals surface area contributed by atoms with E-state index in [0.29, 0.717) is 5.57 Å². The van der Waals surface area contributed by atoms with Crippen molar-refractivity contribution in [2.75, 3.05) is 0 Å². The predicted molar refractivity (Wildman–Crippen MR) is 59.4 cm³/mol. The summed E-state index contributed by atoms with van der Waals surface area (Å²) in [5.41, 5.74) is 0.678. The van der Waals surface area contributed by atoms with Crippen molar-refractivity contribution >= 4 is 9.84 Å². The van der Waals surface area contributed by atoms with Crippen molar-refractivity contribution in [3.63, 3.8) is 0 Å². The van der Waals surface area contributed by atoms with Crippen molar-refractivity contribution in [1.82, 2.24) is 0 Å². The van der Waals surface area contributed by atoms with Crippen LogP contribution in [-0.2, 0) is 14.6 Å². The molecule has 2 heterocycles. The Bertz CT molecular complexity index is 425. The van der Waals surface area contributed by atoms with E-state index in [-0.39, 0.29) is 12.2 Å². The molecule has 0 unspecified atom stereocenters. The van der Waals surface area contributed by atoms with Gasteiger partial charge in [-0.2, -0.15) is 0 Å². The second-order valence-electron chi connectivity index (χ2n) is 5.06. The predicted octanol–water partition coefficient (Wildman–Crippen LogP) is 1.46. The van der Waals surface area contributed by atoms with Gasteiger partial charge in [0.05, 0.1) is 17.0 Å². The summed E-state index contributed by atoms with van der Waals surface area (Å²) in [4.78, 5) is 0. The molecule has 2 aliphatic heterocycles. The van der Waals surface area contributed by atoms with Gasteiger partial charge in [0.25, 0.3) is 0 Å². The summed E-state index contributed by atoms with van der Waals surface area (Å²) in [6.07, 6.45) is 3.18. The highest BCUT2D eigenvalue weighted by Gasteiger charge is 2.51. The molecule has 0 amide bonds. The molecule has 2 bridgehead atoms. The summed E-state index contributed by atoms with van der Waals surface area (Å²) in [6, 6.07) is 0. The zero-order chi connectivity index (χ0) is 11.4. The summed E-state index contributed by atoms with van der Waals surface area (Å²) in [6.45, 7) is 8.98. The van der Waals surface area contributed by atoms with Crippen molar-refractivity contribution < 1.29 is 13.2 Å². The highest BCUT2D eigenvalue weighted by Crippen LogP contribution is 2.40. The van der Waals surface area contributed by atoms with Crippen LogP contribution in [0.3, 0.4) is 0 Å². The topological polar surface area (TPSA) is 43.4 Å². The molecular weight excluding hydrogens is 212 g/mol. The maximum atomic E-state index is 12.3. The van der Waals surface area contributed by atoms with Crippen LogP contribution in [0.5, 0.6) is 0 Å². The molecular formula is C11H16O3S. The van der Waals surface area contributed by atoms with Gasteiger partial charge in [0.1, 0.15) is 5.25 Å². The molecule has 0 N–H and O–H groups in total. The van der Waals surface area contributed by atoms with Crippen LogP contribution in [0, 0.1) is 0 Å². The normalized spacial score (nSPS) is 35.1. The number of sulfone groups is 1. The van der Waals surface area contributed by atoms with E-state index < -0.39 is 19.8 Å². The number of ether oxygens (including phenoxy) is 1. The fourth-order valence-corrected chi connectivity index (χ4v) is 3.79. The standard InChI is InChI=1S/C11H16O3S/c1-7-8-5-6-9(14-8)10(7)15(12,13)11(2,3)4/h5-6,8-10H,1H2,2-4H3/t8-,9+,10-/m1/s1. The van der Waals surface area contributed by atoms with Gasteiger partial charge in [-0.3, -0.25) is 0 Å². The van der Waals surface area contributed by atoms with Crippen LogP contribution in [0.25, 0.3) is 0 Å². The fourth-order valence-electron chi connectivity index (χ4n) is 1.98. The molecule has 1 saturated heterocycles. The molecule has 0 aromatic rings. The van der Waals surface area contributed by atoms with Crippen molar-refractivity contribution in [3.8, 4) is 0 Å². The Hall–Kier alpha value is -0.610. The number of fused-ring (bicyclic) bond motifs is 2. The summed E-state index contributed by atoms with van der Waals surface area (Å²) in [7, 11) is -3.23. The second-order valence-corrected chi connectivity index (χ2v) is 7.88. The van der Waals surface area contributed by atoms with Gasteiger partial charge < -0.3 is 4.74 Å². The Balaban J connectivity index is 2.42. The van der Waals surface area contributed by atoms with Crippen LogP contribution in [0.1, 0.15) is 20.8 Å². The molecule has 0 aliphatic carbocycles. The summed E-state index contributed by atoms with van der Waals surface area (Å²) in [5.74, 6) is 0. The van der Waals surface area contributed by atoms with E-state index in [0.717, 1.165) is 0 Å². The van der Waals surface area contributed by atoms with E-state index in [1.165, 1.54) is 0 Å². The quantitative estimate of drug-likeness (QED) is 0.638. The molecule has 2 aliphatic rings. The molecule has 2 rings (SSSR count). The minimum absolute atomic E-state index is 0.197. The molecule has 3 nitrogen and oxygen atoms in total. The molecule has 15 heavy (non-hydrogen) atoms. The van der Waals surface area contributed by atoms with E-state index in [2.05, 4.69) is 6.58 Å². The lowest BCUT2D eigenvalue weighted by molar-refractivity contribution is 0.128. The second kappa shape index (κ2) is 2.95. The molecule has 84 valence electrons. The Labute approximate surface area is 90.7 Å². The minimum atomic E-state index is -3.23. The van der Waals surface area contributed by atoms with Gasteiger partial charge >= 0.3 is 0 Å². The smallest absolute Gasteiger partial charge is 0.164 e. The lowest BCUT2D eigenvalue weighted by Crippen LogP contribution is -2.42. The number of rotatable bonds is 1. The van der Waals surface area contributed by atoms with Gasteiger partial charge in [-0.25, -0.2) is 8.42 Å². The van der Waals surface area contributed by atoms with Crippen LogP contribution in [-0.4, -0.2) is 30.6 Å². The Morgan fingerprint density at radius 3 is 2.33 bits per heavy atom. The van der Waals surface area contributed by atoms with Gasteiger partial charge in [0, 0.05) is 0 Å². The molecule has 0 radical (unpaired) electrons. The van der Waals surface area contributed by atoms with Gasteiger partial charge in [0.15, 0.2) is 9.84 Å². The van der Waals surface area contributed by atoms with E-state index >= 15 is 0 Å². The maximum absolute atomic E-state index is 12.3. The molecule has 0 spiro atoms. The molecule has 0 aromatic heterocycles. The first-order valence-electron chi connectivity index (χ1n) is 5.01. The first-order valence-corrected chi connectivity index (χ1v) is 6.56. The SMILES string of the molecule is C=C1[C@@H](S(=O)(=O)C(C)(C)C)[C@@H]2C=C[C@H]1O2. The highest BCUT2D eigenvalue weighted by atomic mass is 32.2. The van der Waals surface area contributed by atoms with Gasteiger partial charge in [-0.15, -0.1) is 0 Å². The first kappa shape index (κ1) is 10.9. The van der Waals surface area contributed by atoms with Crippen LogP contribution >= 0.6 is 0 Å². The lowest BCUT2D eigenvalue weighted by atomic mass is 10.0. The summed E-state index contributed by atoms with van der Waals surface area (Å²) >= 11 is 0. The van der Waals surface area contributed by atoms with E-state index in [9.17, 15) is 8.42 Å². The van der Waals surface area contributed by atoms with E-state index in [1.807, 2.05) is 12.2 Å². The van der Waals surface area contributed by atoms with Crippen LogP contribution in [0.4, 0.5) is 0 Å². The fraction of sp³-hybridized carbons (Fsp3) is 0.636. The highest BCUT2D eigenvalue weighted by molar-refractivity contribution is 7.93. The largest absolute Gasteiger partial charge is 0.361 e. The first-order chi connectivity index (χ1) is 6.75. The van der Waals surface area contributed by atoms with Gasteiger partial charge in [0.2, 0.25) is 0 Å². The molecule has 0 aromatic carbocycles. The molecule has 3 atom stereocenters. The lowest BCUT2D eigenvalue weighted by Gasteiger charge is -2.27.